The van der Waals surface area contributed by atoms with Gasteiger partial charge in [0.1, 0.15) is 5.75 Å². The van der Waals surface area contributed by atoms with Gasteiger partial charge in [0, 0.05) is 43.5 Å². The molecule has 2 aliphatic heterocycles. The maximum atomic E-state index is 12.6. The molecule has 2 fully saturated rings. The van der Waals surface area contributed by atoms with Gasteiger partial charge in [-0.05, 0) is 49.9 Å². The molecule has 1 aromatic rings. The number of halogens is 1. The number of amides is 2. The van der Waals surface area contributed by atoms with E-state index in [2.05, 4.69) is 0 Å². The molecule has 0 spiro atoms. The third-order valence-electron chi connectivity index (χ3n) is 5.45. The van der Waals surface area contributed by atoms with Gasteiger partial charge >= 0.3 is 0 Å². The highest BCUT2D eigenvalue weighted by Crippen LogP contribution is 2.23. The lowest BCUT2D eigenvalue weighted by atomic mass is 9.95. The average molecular weight is 409 g/mol. The van der Waals surface area contributed by atoms with E-state index in [0.29, 0.717) is 63.9 Å². The number of hydrogen-bond acceptors (Lipinski definition) is 4. The molecule has 2 amide bonds. The number of ether oxygens (including phenoxy) is 2. The van der Waals surface area contributed by atoms with Gasteiger partial charge in [-0.3, -0.25) is 9.59 Å². The topological polar surface area (TPSA) is 59.1 Å². The Morgan fingerprint density at radius 3 is 2.54 bits per heavy atom. The van der Waals surface area contributed by atoms with E-state index >= 15 is 0 Å². The molecule has 0 bridgehead atoms. The van der Waals surface area contributed by atoms with Crippen LogP contribution in [0, 0.1) is 12.8 Å². The highest BCUT2D eigenvalue weighted by Gasteiger charge is 2.30. The Labute approximate surface area is 171 Å². The lowest BCUT2D eigenvalue weighted by Crippen LogP contribution is -2.47. The van der Waals surface area contributed by atoms with E-state index in [0.717, 1.165) is 24.2 Å². The minimum atomic E-state index is 0.0402. The van der Waals surface area contributed by atoms with Crippen molar-refractivity contribution < 1.29 is 19.1 Å². The van der Waals surface area contributed by atoms with Crippen molar-refractivity contribution in [1.29, 1.82) is 0 Å². The number of hydrogen-bond donors (Lipinski definition) is 0. The van der Waals surface area contributed by atoms with Crippen molar-refractivity contribution in [3.63, 3.8) is 0 Å². The van der Waals surface area contributed by atoms with Crippen LogP contribution in [0.3, 0.4) is 0 Å². The predicted molar refractivity (Wildman–Crippen MR) is 108 cm³/mol. The lowest BCUT2D eigenvalue weighted by Gasteiger charge is -2.35. The monoisotopic (exact) mass is 408 g/mol. The zero-order valence-electron chi connectivity index (χ0n) is 16.5. The number of benzene rings is 1. The van der Waals surface area contributed by atoms with Crippen LogP contribution >= 0.6 is 11.6 Å². The maximum Gasteiger partial charge on any atom is 0.225 e. The fraction of sp³-hybridized carbons (Fsp3) is 0.619. The van der Waals surface area contributed by atoms with Gasteiger partial charge in [0.15, 0.2) is 0 Å². The number of carbonyl (C=O) groups excluding carboxylic acids is 2. The standard InChI is InChI=1S/C21H29ClN2O4/c1-16-15-18(22)4-5-19(16)28-12-2-3-20(25)23-8-6-17(7-9-23)21(26)24-10-13-27-14-11-24/h4-5,15,17H,2-3,6-14H2,1H3. The van der Waals surface area contributed by atoms with E-state index in [-0.39, 0.29) is 17.7 Å². The van der Waals surface area contributed by atoms with Gasteiger partial charge in [0.25, 0.3) is 0 Å². The van der Waals surface area contributed by atoms with Crippen molar-refractivity contribution in [2.24, 2.45) is 5.92 Å². The van der Waals surface area contributed by atoms with E-state index in [1.807, 2.05) is 28.9 Å². The maximum absolute atomic E-state index is 12.6. The Bertz CT molecular complexity index is 683. The third kappa shape index (κ3) is 5.61. The number of rotatable bonds is 6. The molecule has 0 atom stereocenters. The van der Waals surface area contributed by atoms with Crippen LogP contribution in [-0.4, -0.2) is 67.6 Å². The van der Waals surface area contributed by atoms with Crippen molar-refractivity contribution in [2.75, 3.05) is 46.0 Å². The number of nitrogens with zero attached hydrogens (tertiary/aromatic N) is 2. The lowest BCUT2D eigenvalue weighted by molar-refractivity contribution is -0.143. The van der Waals surface area contributed by atoms with E-state index in [1.165, 1.54) is 0 Å². The van der Waals surface area contributed by atoms with Gasteiger partial charge < -0.3 is 19.3 Å². The first kappa shape index (κ1) is 20.9. The molecule has 0 N–H and O–H groups in total. The fourth-order valence-electron chi connectivity index (χ4n) is 3.76. The van der Waals surface area contributed by atoms with Gasteiger partial charge in [0.05, 0.1) is 19.8 Å². The normalized spacial score (nSPS) is 18.2. The second-order valence-electron chi connectivity index (χ2n) is 7.45. The van der Waals surface area contributed by atoms with Gasteiger partial charge in [-0.1, -0.05) is 11.6 Å². The molecule has 0 aliphatic carbocycles. The largest absolute Gasteiger partial charge is 0.493 e. The Morgan fingerprint density at radius 2 is 1.86 bits per heavy atom. The molecule has 154 valence electrons. The molecule has 7 heteroatoms. The molecule has 0 aromatic heterocycles. The SMILES string of the molecule is Cc1cc(Cl)ccc1OCCCC(=O)N1CCC(C(=O)N2CCOCC2)CC1. The zero-order chi connectivity index (χ0) is 19.9. The van der Waals surface area contributed by atoms with Crippen LogP contribution in [0.1, 0.15) is 31.2 Å². The zero-order valence-corrected chi connectivity index (χ0v) is 17.2. The van der Waals surface area contributed by atoms with Crippen LogP contribution in [0.25, 0.3) is 0 Å². The van der Waals surface area contributed by atoms with Crippen LogP contribution in [0.15, 0.2) is 18.2 Å². The third-order valence-corrected chi connectivity index (χ3v) is 5.68. The smallest absolute Gasteiger partial charge is 0.225 e. The van der Waals surface area contributed by atoms with Crippen molar-refractivity contribution >= 4 is 23.4 Å². The van der Waals surface area contributed by atoms with Gasteiger partial charge in [0.2, 0.25) is 11.8 Å². The van der Waals surface area contributed by atoms with Gasteiger partial charge in [-0.2, -0.15) is 0 Å². The molecule has 1 aromatic carbocycles. The summed E-state index contributed by atoms with van der Waals surface area (Å²) in [5.41, 5.74) is 0.992. The van der Waals surface area contributed by atoms with E-state index in [4.69, 9.17) is 21.1 Å². The summed E-state index contributed by atoms with van der Waals surface area (Å²) in [5, 5.41) is 0.690. The average Bonchev–Trinajstić information content (AvgIpc) is 2.72. The summed E-state index contributed by atoms with van der Waals surface area (Å²) in [6, 6.07) is 5.53. The van der Waals surface area contributed by atoms with E-state index in [1.54, 1.807) is 6.07 Å². The Kier molecular flexibility index (Phi) is 7.57. The number of aryl methyl sites for hydroxylation is 1. The number of piperidine rings is 1. The van der Waals surface area contributed by atoms with Crippen molar-refractivity contribution in [3.8, 4) is 5.75 Å². The molecule has 2 saturated heterocycles. The first-order chi connectivity index (χ1) is 13.5. The van der Waals surface area contributed by atoms with Gasteiger partial charge in [-0.25, -0.2) is 0 Å². The molecule has 0 unspecified atom stereocenters. The molecule has 3 rings (SSSR count). The molecule has 2 heterocycles. The second-order valence-corrected chi connectivity index (χ2v) is 7.89. The fourth-order valence-corrected chi connectivity index (χ4v) is 3.98. The molecule has 2 aliphatic rings. The Hall–Kier alpha value is -1.79. The van der Waals surface area contributed by atoms with Crippen LogP contribution in [0.2, 0.25) is 5.02 Å². The summed E-state index contributed by atoms with van der Waals surface area (Å²) in [7, 11) is 0. The van der Waals surface area contributed by atoms with Crippen LogP contribution in [-0.2, 0) is 14.3 Å². The summed E-state index contributed by atoms with van der Waals surface area (Å²) in [6.45, 7) is 6.40. The molecule has 6 nitrogen and oxygen atoms in total. The summed E-state index contributed by atoms with van der Waals surface area (Å²) in [4.78, 5) is 28.8. The Morgan fingerprint density at radius 1 is 1.14 bits per heavy atom. The summed E-state index contributed by atoms with van der Waals surface area (Å²) < 4.78 is 11.1. The van der Waals surface area contributed by atoms with Crippen molar-refractivity contribution in [3.05, 3.63) is 28.8 Å². The highest BCUT2D eigenvalue weighted by molar-refractivity contribution is 6.30. The number of likely N-dealkylation sites (tertiary alicyclic amines) is 1. The molecular weight excluding hydrogens is 380 g/mol. The van der Waals surface area contributed by atoms with E-state index < -0.39 is 0 Å². The van der Waals surface area contributed by atoms with Crippen LogP contribution < -0.4 is 4.74 Å². The highest BCUT2D eigenvalue weighted by atomic mass is 35.5. The van der Waals surface area contributed by atoms with Gasteiger partial charge in [-0.15, -0.1) is 0 Å². The quantitative estimate of drug-likeness (QED) is 0.679. The van der Waals surface area contributed by atoms with Crippen molar-refractivity contribution in [1.82, 2.24) is 9.80 Å². The van der Waals surface area contributed by atoms with Crippen molar-refractivity contribution in [2.45, 2.75) is 32.6 Å². The predicted octanol–water partition coefficient (Wildman–Crippen LogP) is 2.90. The molecule has 28 heavy (non-hydrogen) atoms. The minimum Gasteiger partial charge on any atom is -0.493 e. The first-order valence-electron chi connectivity index (χ1n) is 10.1. The van der Waals surface area contributed by atoms with Crippen LogP contribution in [0.5, 0.6) is 5.75 Å². The summed E-state index contributed by atoms with van der Waals surface area (Å²) in [6.07, 6.45) is 2.65. The van der Waals surface area contributed by atoms with Crippen LogP contribution in [0.4, 0.5) is 0 Å². The number of morpholine rings is 1. The summed E-state index contributed by atoms with van der Waals surface area (Å²) in [5.74, 6) is 1.22. The second kappa shape index (κ2) is 10.1. The molecular formula is C21H29ClN2O4. The Balaban J connectivity index is 1.35. The molecule has 0 saturated carbocycles. The summed E-state index contributed by atoms with van der Waals surface area (Å²) >= 11 is 5.94. The molecule has 0 radical (unpaired) electrons. The minimum absolute atomic E-state index is 0.0402. The first-order valence-corrected chi connectivity index (χ1v) is 10.5. The van der Waals surface area contributed by atoms with E-state index in [9.17, 15) is 9.59 Å². The number of carbonyl (C=O) groups is 2.